The molecule has 2 rings (SSSR count). The van der Waals surface area contributed by atoms with E-state index in [-0.39, 0.29) is 5.82 Å². The van der Waals surface area contributed by atoms with E-state index >= 15 is 0 Å². The SMILES string of the molecule is COc1ccc(CNc2cc(F)ccc2Cl)cc1Cl. The quantitative estimate of drug-likeness (QED) is 0.879. The highest BCUT2D eigenvalue weighted by Gasteiger charge is 2.04. The number of rotatable bonds is 4. The molecule has 0 aliphatic heterocycles. The lowest BCUT2D eigenvalue weighted by molar-refractivity contribution is 0.415. The van der Waals surface area contributed by atoms with Gasteiger partial charge < -0.3 is 10.1 Å². The van der Waals surface area contributed by atoms with Crippen LogP contribution in [0.15, 0.2) is 36.4 Å². The van der Waals surface area contributed by atoms with Crippen LogP contribution in [0.5, 0.6) is 5.75 Å². The Labute approximate surface area is 121 Å². The first-order chi connectivity index (χ1) is 9.10. The zero-order valence-electron chi connectivity index (χ0n) is 10.2. The molecule has 0 spiro atoms. The van der Waals surface area contributed by atoms with Gasteiger partial charge >= 0.3 is 0 Å². The van der Waals surface area contributed by atoms with E-state index in [2.05, 4.69) is 5.32 Å². The fourth-order valence-electron chi connectivity index (χ4n) is 1.65. The zero-order chi connectivity index (χ0) is 13.8. The lowest BCUT2D eigenvalue weighted by atomic mass is 10.2. The molecule has 0 aliphatic carbocycles. The van der Waals surface area contributed by atoms with Crippen molar-refractivity contribution in [2.24, 2.45) is 0 Å². The molecule has 0 saturated heterocycles. The normalized spacial score (nSPS) is 10.3. The van der Waals surface area contributed by atoms with E-state index in [0.29, 0.717) is 28.0 Å². The summed E-state index contributed by atoms with van der Waals surface area (Å²) in [7, 11) is 1.56. The van der Waals surface area contributed by atoms with Gasteiger partial charge in [-0.25, -0.2) is 4.39 Å². The second-order valence-electron chi connectivity index (χ2n) is 3.95. The average Bonchev–Trinajstić information content (AvgIpc) is 2.40. The van der Waals surface area contributed by atoms with Crippen molar-refractivity contribution in [2.45, 2.75) is 6.54 Å². The summed E-state index contributed by atoms with van der Waals surface area (Å²) >= 11 is 12.0. The lowest BCUT2D eigenvalue weighted by Gasteiger charge is -2.10. The largest absolute Gasteiger partial charge is 0.495 e. The monoisotopic (exact) mass is 299 g/mol. The number of anilines is 1. The van der Waals surface area contributed by atoms with Crippen molar-refractivity contribution < 1.29 is 9.13 Å². The minimum absolute atomic E-state index is 0.334. The molecule has 5 heteroatoms. The number of hydrogen-bond acceptors (Lipinski definition) is 2. The molecule has 0 heterocycles. The second kappa shape index (κ2) is 6.13. The predicted molar refractivity (Wildman–Crippen MR) is 76.7 cm³/mol. The van der Waals surface area contributed by atoms with Crippen LogP contribution in [0.3, 0.4) is 0 Å². The van der Waals surface area contributed by atoms with Gasteiger partial charge in [-0.3, -0.25) is 0 Å². The van der Waals surface area contributed by atoms with Crippen LogP contribution in [0.4, 0.5) is 10.1 Å². The van der Waals surface area contributed by atoms with E-state index in [1.54, 1.807) is 19.2 Å². The first-order valence-electron chi connectivity index (χ1n) is 5.61. The molecule has 1 N–H and O–H groups in total. The Morgan fingerprint density at radius 3 is 2.58 bits per heavy atom. The zero-order valence-corrected chi connectivity index (χ0v) is 11.7. The van der Waals surface area contributed by atoms with Gasteiger partial charge in [0.05, 0.1) is 22.8 Å². The summed E-state index contributed by atoms with van der Waals surface area (Å²) in [6.45, 7) is 0.493. The van der Waals surface area contributed by atoms with Gasteiger partial charge in [-0.1, -0.05) is 29.3 Å². The molecule has 0 aliphatic rings. The van der Waals surface area contributed by atoms with Crippen molar-refractivity contribution in [3.05, 3.63) is 57.8 Å². The van der Waals surface area contributed by atoms with Crippen molar-refractivity contribution in [1.29, 1.82) is 0 Å². The smallest absolute Gasteiger partial charge is 0.137 e. The maximum Gasteiger partial charge on any atom is 0.137 e. The third-order valence-electron chi connectivity index (χ3n) is 2.63. The number of methoxy groups -OCH3 is 1. The fraction of sp³-hybridized carbons (Fsp3) is 0.143. The summed E-state index contributed by atoms with van der Waals surface area (Å²) in [5.74, 6) is 0.286. The van der Waals surface area contributed by atoms with Crippen LogP contribution in [-0.2, 0) is 6.54 Å². The molecular weight excluding hydrogens is 288 g/mol. The van der Waals surface area contributed by atoms with Crippen molar-refractivity contribution in [3.63, 3.8) is 0 Å². The van der Waals surface area contributed by atoms with Crippen molar-refractivity contribution in [2.75, 3.05) is 12.4 Å². The molecule has 0 atom stereocenters. The highest BCUT2D eigenvalue weighted by molar-refractivity contribution is 6.33. The van der Waals surface area contributed by atoms with E-state index in [9.17, 15) is 4.39 Å². The molecular formula is C14H12Cl2FNO. The topological polar surface area (TPSA) is 21.3 Å². The van der Waals surface area contributed by atoms with Gasteiger partial charge in [0.25, 0.3) is 0 Å². The predicted octanol–water partition coefficient (Wildman–Crippen LogP) is 4.75. The Kier molecular flexibility index (Phi) is 4.51. The van der Waals surface area contributed by atoms with E-state index < -0.39 is 0 Å². The molecule has 0 fully saturated rings. The van der Waals surface area contributed by atoms with Crippen LogP contribution in [0.1, 0.15) is 5.56 Å². The molecule has 0 amide bonds. The van der Waals surface area contributed by atoms with Crippen molar-refractivity contribution in [1.82, 2.24) is 0 Å². The highest BCUT2D eigenvalue weighted by atomic mass is 35.5. The maximum atomic E-state index is 13.1. The Morgan fingerprint density at radius 1 is 1.11 bits per heavy atom. The molecule has 0 unspecified atom stereocenters. The summed E-state index contributed by atoms with van der Waals surface area (Å²) in [5.41, 5.74) is 1.50. The van der Waals surface area contributed by atoms with Gasteiger partial charge in [-0.2, -0.15) is 0 Å². The minimum Gasteiger partial charge on any atom is -0.495 e. The summed E-state index contributed by atoms with van der Waals surface area (Å²) in [5, 5.41) is 4.07. The fourth-order valence-corrected chi connectivity index (χ4v) is 2.11. The highest BCUT2D eigenvalue weighted by Crippen LogP contribution is 2.26. The molecule has 2 aromatic rings. The van der Waals surface area contributed by atoms with Crippen molar-refractivity contribution >= 4 is 28.9 Å². The number of ether oxygens (including phenoxy) is 1. The Bertz CT molecular complexity index is 590. The molecule has 2 nitrogen and oxygen atoms in total. The van der Waals surface area contributed by atoms with Crippen LogP contribution >= 0.6 is 23.2 Å². The molecule has 19 heavy (non-hydrogen) atoms. The first kappa shape index (κ1) is 14.0. The summed E-state index contributed by atoms with van der Waals surface area (Å²) in [6.07, 6.45) is 0. The van der Waals surface area contributed by atoms with Gasteiger partial charge in [-0.15, -0.1) is 0 Å². The number of hydrogen-bond donors (Lipinski definition) is 1. The maximum absolute atomic E-state index is 13.1. The minimum atomic E-state index is -0.334. The van der Waals surface area contributed by atoms with Gasteiger partial charge in [0.1, 0.15) is 11.6 Å². The van der Waals surface area contributed by atoms with Crippen LogP contribution in [0, 0.1) is 5.82 Å². The first-order valence-corrected chi connectivity index (χ1v) is 6.37. The molecule has 0 saturated carbocycles. The number of nitrogens with one attached hydrogen (secondary N) is 1. The summed E-state index contributed by atoms with van der Waals surface area (Å²) in [6, 6.07) is 9.64. The van der Waals surface area contributed by atoms with Gasteiger partial charge in [0.15, 0.2) is 0 Å². The Hall–Kier alpha value is -1.45. The van der Waals surface area contributed by atoms with Crippen LogP contribution in [0.2, 0.25) is 10.0 Å². The van der Waals surface area contributed by atoms with Crippen molar-refractivity contribution in [3.8, 4) is 5.75 Å². The standard InChI is InChI=1S/C14H12Cl2FNO/c1-19-14-5-2-9(6-12(14)16)8-18-13-7-10(17)3-4-11(13)15/h2-7,18H,8H2,1H3. The Morgan fingerprint density at radius 2 is 1.89 bits per heavy atom. The molecule has 0 radical (unpaired) electrons. The van der Waals surface area contributed by atoms with Crippen LogP contribution < -0.4 is 10.1 Å². The molecule has 0 aromatic heterocycles. The van der Waals surface area contributed by atoms with E-state index in [0.717, 1.165) is 5.56 Å². The van der Waals surface area contributed by atoms with E-state index in [4.69, 9.17) is 27.9 Å². The summed E-state index contributed by atoms with van der Waals surface area (Å²) in [4.78, 5) is 0. The number of benzene rings is 2. The van der Waals surface area contributed by atoms with E-state index in [1.165, 1.54) is 18.2 Å². The summed E-state index contributed by atoms with van der Waals surface area (Å²) < 4.78 is 18.2. The second-order valence-corrected chi connectivity index (χ2v) is 4.76. The van der Waals surface area contributed by atoms with Gasteiger partial charge in [0.2, 0.25) is 0 Å². The third kappa shape index (κ3) is 3.52. The van der Waals surface area contributed by atoms with E-state index in [1.807, 2.05) is 6.07 Å². The van der Waals surface area contributed by atoms with Gasteiger partial charge in [0, 0.05) is 6.54 Å². The Balaban J connectivity index is 2.10. The molecule has 2 aromatic carbocycles. The van der Waals surface area contributed by atoms with Gasteiger partial charge in [-0.05, 0) is 35.9 Å². The molecule has 0 bridgehead atoms. The lowest BCUT2D eigenvalue weighted by Crippen LogP contribution is -2.00. The van der Waals surface area contributed by atoms with Crippen LogP contribution in [-0.4, -0.2) is 7.11 Å². The third-order valence-corrected chi connectivity index (χ3v) is 3.25. The van der Waals surface area contributed by atoms with Crippen LogP contribution in [0.25, 0.3) is 0 Å². The number of halogens is 3. The average molecular weight is 300 g/mol. The molecule has 100 valence electrons.